The number of amides is 1. The number of methoxy groups -OCH3 is 1. The predicted octanol–water partition coefficient (Wildman–Crippen LogP) is 0.577. The fourth-order valence-corrected chi connectivity index (χ4v) is 3.15. The summed E-state index contributed by atoms with van der Waals surface area (Å²) in [6.45, 7) is 0.549. The SMILES string of the molecule is COc1cc(N)ccc1S(=O)(=O)CC(=O)NCC1CC1. The van der Waals surface area contributed by atoms with Crippen LogP contribution in [0.15, 0.2) is 23.1 Å². The second-order valence-electron chi connectivity index (χ2n) is 4.92. The van der Waals surface area contributed by atoms with E-state index in [1.165, 1.54) is 25.3 Å². The van der Waals surface area contributed by atoms with E-state index in [1.54, 1.807) is 0 Å². The number of sulfone groups is 1. The number of anilines is 1. The number of nitrogen functional groups attached to an aromatic ring is 1. The van der Waals surface area contributed by atoms with E-state index in [2.05, 4.69) is 5.32 Å². The summed E-state index contributed by atoms with van der Waals surface area (Å²) in [4.78, 5) is 11.7. The zero-order valence-corrected chi connectivity index (χ0v) is 12.1. The lowest BCUT2D eigenvalue weighted by Crippen LogP contribution is -2.31. The standard InChI is InChI=1S/C13H18N2O4S/c1-19-11-6-10(14)4-5-12(11)20(17,18)8-13(16)15-7-9-2-3-9/h4-6,9H,2-3,7-8,14H2,1H3,(H,15,16). The summed E-state index contributed by atoms with van der Waals surface area (Å²) < 4.78 is 29.4. The van der Waals surface area contributed by atoms with Crippen LogP contribution in [0.25, 0.3) is 0 Å². The number of rotatable bonds is 6. The maximum Gasteiger partial charge on any atom is 0.235 e. The van der Waals surface area contributed by atoms with Gasteiger partial charge < -0.3 is 15.8 Å². The van der Waals surface area contributed by atoms with Crippen LogP contribution in [-0.4, -0.2) is 33.7 Å². The second kappa shape index (κ2) is 5.70. The van der Waals surface area contributed by atoms with Crippen molar-refractivity contribution in [2.75, 3.05) is 25.1 Å². The van der Waals surface area contributed by atoms with Crippen molar-refractivity contribution in [1.29, 1.82) is 0 Å². The van der Waals surface area contributed by atoms with Crippen LogP contribution in [0.5, 0.6) is 5.75 Å². The molecular formula is C13H18N2O4S. The van der Waals surface area contributed by atoms with Gasteiger partial charge in [-0.2, -0.15) is 0 Å². The highest BCUT2D eigenvalue weighted by Gasteiger charge is 2.26. The quantitative estimate of drug-likeness (QED) is 0.748. The molecule has 6 nitrogen and oxygen atoms in total. The first-order valence-corrected chi connectivity index (χ1v) is 8.00. The maximum absolute atomic E-state index is 12.2. The molecule has 0 unspecified atom stereocenters. The molecule has 0 saturated heterocycles. The summed E-state index contributed by atoms with van der Waals surface area (Å²) in [6, 6.07) is 4.25. The van der Waals surface area contributed by atoms with Gasteiger partial charge in [-0.3, -0.25) is 4.79 Å². The molecule has 1 saturated carbocycles. The smallest absolute Gasteiger partial charge is 0.235 e. The Labute approximate surface area is 118 Å². The first-order chi connectivity index (χ1) is 9.42. The molecule has 7 heteroatoms. The highest BCUT2D eigenvalue weighted by molar-refractivity contribution is 7.92. The molecule has 0 bridgehead atoms. The fourth-order valence-electron chi connectivity index (χ4n) is 1.82. The van der Waals surface area contributed by atoms with E-state index in [9.17, 15) is 13.2 Å². The summed E-state index contributed by atoms with van der Waals surface area (Å²) in [7, 11) is -2.38. The van der Waals surface area contributed by atoms with Crippen molar-refractivity contribution in [3.63, 3.8) is 0 Å². The first-order valence-electron chi connectivity index (χ1n) is 6.35. The highest BCUT2D eigenvalue weighted by atomic mass is 32.2. The van der Waals surface area contributed by atoms with Gasteiger partial charge >= 0.3 is 0 Å². The van der Waals surface area contributed by atoms with Gasteiger partial charge in [0.15, 0.2) is 9.84 Å². The van der Waals surface area contributed by atoms with Crippen LogP contribution in [-0.2, 0) is 14.6 Å². The molecule has 0 aliphatic heterocycles. The first kappa shape index (κ1) is 14.6. The van der Waals surface area contributed by atoms with Gasteiger partial charge in [-0.25, -0.2) is 8.42 Å². The molecule has 1 aromatic rings. The van der Waals surface area contributed by atoms with E-state index in [-0.39, 0.29) is 10.6 Å². The van der Waals surface area contributed by atoms with E-state index in [0.717, 1.165) is 12.8 Å². The van der Waals surface area contributed by atoms with Crippen LogP contribution >= 0.6 is 0 Å². The molecule has 1 aliphatic rings. The lowest BCUT2D eigenvalue weighted by atomic mass is 10.3. The molecule has 0 spiro atoms. The summed E-state index contributed by atoms with van der Waals surface area (Å²) in [5.41, 5.74) is 5.98. The number of ether oxygens (including phenoxy) is 1. The van der Waals surface area contributed by atoms with Crippen molar-refractivity contribution in [2.45, 2.75) is 17.7 Å². The molecule has 1 amide bonds. The van der Waals surface area contributed by atoms with Crippen molar-refractivity contribution in [2.24, 2.45) is 5.92 Å². The lowest BCUT2D eigenvalue weighted by Gasteiger charge is -2.10. The summed E-state index contributed by atoms with van der Waals surface area (Å²) in [5.74, 6) is -0.413. The number of carbonyl (C=O) groups is 1. The molecule has 3 N–H and O–H groups in total. The van der Waals surface area contributed by atoms with Crippen LogP contribution in [0, 0.1) is 5.92 Å². The van der Waals surface area contributed by atoms with Gasteiger partial charge in [-0.1, -0.05) is 0 Å². The number of benzene rings is 1. The minimum absolute atomic E-state index is 0.0178. The van der Waals surface area contributed by atoms with Gasteiger partial charge in [0.1, 0.15) is 16.4 Å². The Hall–Kier alpha value is -1.76. The van der Waals surface area contributed by atoms with E-state index >= 15 is 0 Å². The number of nitrogens with two attached hydrogens (primary N) is 1. The van der Waals surface area contributed by atoms with Crippen molar-refractivity contribution in [1.82, 2.24) is 5.32 Å². The van der Waals surface area contributed by atoms with Crippen LogP contribution < -0.4 is 15.8 Å². The Morgan fingerprint density at radius 1 is 1.45 bits per heavy atom. The van der Waals surface area contributed by atoms with Crippen molar-refractivity contribution < 1.29 is 17.9 Å². The van der Waals surface area contributed by atoms with E-state index < -0.39 is 21.5 Å². The third-order valence-corrected chi connectivity index (χ3v) is 4.78. The monoisotopic (exact) mass is 298 g/mol. The molecular weight excluding hydrogens is 280 g/mol. The topological polar surface area (TPSA) is 98.5 Å². The van der Waals surface area contributed by atoms with Gasteiger partial charge in [0.25, 0.3) is 0 Å². The molecule has 110 valence electrons. The lowest BCUT2D eigenvalue weighted by molar-refractivity contribution is -0.118. The van der Waals surface area contributed by atoms with Gasteiger partial charge in [0, 0.05) is 18.3 Å². The minimum atomic E-state index is -3.74. The van der Waals surface area contributed by atoms with Gasteiger partial charge in [0.2, 0.25) is 5.91 Å². The maximum atomic E-state index is 12.2. The summed E-state index contributed by atoms with van der Waals surface area (Å²) >= 11 is 0. The number of carbonyl (C=O) groups excluding carboxylic acids is 1. The molecule has 20 heavy (non-hydrogen) atoms. The zero-order chi connectivity index (χ0) is 14.8. The Morgan fingerprint density at radius 3 is 2.75 bits per heavy atom. The minimum Gasteiger partial charge on any atom is -0.495 e. The molecule has 0 atom stereocenters. The van der Waals surface area contributed by atoms with Gasteiger partial charge in [0.05, 0.1) is 7.11 Å². The second-order valence-corrected chi connectivity index (χ2v) is 6.87. The normalized spacial score (nSPS) is 14.8. The summed E-state index contributed by atoms with van der Waals surface area (Å²) in [5, 5.41) is 2.64. The van der Waals surface area contributed by atoms with E-state index in [0.29, 0.717) is 18.2 Å². The number of hydrogen-bond donors (Lipinski definition) is 2. The Balaban J connectivity index is 2.10. The van der Waals surface area contributed by atoms with Crippen LogP contribution in [0.4, 0.5) is 5.69 Å². The third-order valence-electron chi connectivity index (χ3n) is 3.13. The predicted molar refractivity (Wildman–Crippen MR) is 75.2 cm³/mol. The van der Waals surface area contributed by atoms with E-state index in [1.807, 2.05) is 0 Å². The van der Waals surface area contributed by atoms with Crippen molar-refractivity contribution in [3.05, 3.63) is 18.2 Å². The van der Waals surface area contributed by atoms with Crippen molar-refractivity contribution in [3.8, 4) is 5.75 Å². The number of nitrogens with one attached hydrogen (secondary N) is 1. The Morgan fingerprint density at radius 2 is 2.15 bits per heavy atom. The Kier molecular flexibility index (Phi) is 4.17. The molecule has 2 rings (SSSR count). The zero-order valence-electron chi connectivity index (χ0n) is 11.3. The fraction of sp³-hybridized carbons (Fsp3) is 0.462. The molecule has 1 aromatic carbocycles. The van der Waals surface area contributed by atoms with Crippen LogP contribution in [0.3, 0.4) is 0 Å². The third kappa shape index (κ3) is 3.63. The molecule has 0 aromatic heterocycles. The van der Waals surface area contributed by atoms with Crippen molar-refractivity contribution >= 4 is 21.4 Å². The summed E-state index contributed by atoms with van der Waals surface area (Å²) in [6.07, 6.45) is 2.19. The molecule has 1 fully saturated rings. The molecule has 0 heterocycles. The Bertz CT molecular complexity index is 609. The van der Waals surface area contributed by atoms with Crippen LogP contribution in [0.1, 0.15) is 12.8 Å². The van der Waals surface area contributed by atoms with Gasteiger partial charge in [-0.15, -0.1) is 0 Å². The average Bonchev–Trinajstić information content (AvgIpc) is 3.19. The molecule has 1 aliphatic carbocycles. The number of hydrogen-bond acceptors (Lipinski definition) is 5. The largest absolute Gasteiger partial charge is 0.495 e. The van der Waals surface area contributed by atoms with E-state index in [4.69, 9.17) is 10.5 Å². The molecule has 0 radical (unpaired) electrons. The van der Waals surface area contributed by atoms with Crippen LogP contribution in [0.2, 0.25) is 0 Å². The van der Waals surface area contributed by atoms with Gasteiger partial charge in [-0.05, 0) is 30.9 Å². The average molecular weight is 298 g/mol. The highest BCUT2D eigenvalue weighted by Crippen LogP contribution is 2.28.